The molecule has 1 aromatic heterocycles. The fourth-order valence-electron chi connectivity index (χ4n) is 4.06. The van der Waals surface area contributed by atoms with Crippen LogP contribution in [-0.2, 0) is 4.74 Å². The second-order valence-electron chi connectivity index (χ2n) is 7.88. The molecule has 2 aromatic rings. The molecular weight excluding hydrogens is 463 g/mol. The lowest BCUT2D eigenvalue weighted by Gasteiger charge is -2.33. The maximum absolute atomic E-state index is 13.9. The zero-order valence-electron chi connectivity index (χ0n) is 17.8. The van der Waals surface area contributed by atoms with Crippen molar-refractivity contribution >= 4 is 29.4 Å². The van der Waals surface area contributed by atoms with Gasteiger partial charge in [0.2, 0.25) is 0 Å². The predicted molar refractivity (Wildman–Crippen MR) is 114 cm³/mol. The Kier molecular flexibility index (Phi) is 6.42. The zero-order chi connectivity index (χ0) is 23.8. The minimum atomic E-state index is -4.54. The van der Waals surface area contributed by atoms with E-state index in [2.05, 4.69) is 10.4 Å². The van der Waals surface area contributed by atoms with Crippen molar-refractivity contribution in [2.24, 2.45) is 0 Å². The van der Waals surface area contributed by atoms with Crippen LogP contribution < -0.4 is 5.32 Å². The number of amides is 2. The van der Waals surface area contributed by atoms with Crippen LogP contribution in [0, 0.1) is 0 Å². The molecule has 1 fully saturated rings. The summed E-state index contributed by atoms with van der Waals surface area (Å²) in [7, 11) is 0. The smallest absolute Gasteiger partial charge is 0.410 e. The lowest BCUT2D eigenvalue weighted by atomic mass is 9.97. The van der Waals surface area contributed by atoms with Crippen LogP contribution in [0.1, 0.15) is 41.5 Å². The van der Waals surface area contributed by atoms with E-state index in [4.69, 9.17) is 16.3 Å². The topological polar surface area (TPSA) is 79.7 Å². The van der Waals surface area contributed by atoms with E-state index < -0.39 is 30.3 Å². The lowest BCUT2D eigenvalue weighted by Crippen LogP contribution is -2.50. The number of alkyl halides is 3. The van der Waals surface area contributed by atoms with Crippen molar-refractivity contribution in [2.45, 2.75) is 31.6 Å². The standard InChI is InChI=1S/C21H23ClF3N5O3/c1-2-33-20(32)29-9-7-28(8-10-29)19(31)16-12-18-26-15(13-3-5-14(22)6-4-13)11-17(21(23,24)25)30(18)27-16/h3-6,12,15,17,26H,2,7-11H2,1H3. The molecule has 2 aliphatic heterocycles. The van der Waals surface area contributed by atoms with E-state index in [1.54, 1.807) is 31.2 Å². The summed E-state index contributed by atoms with van der Waals surface area (Å²) in [4.78, 5) is 27.8. The highest BCUT2D eigenvalue weighted by Gasteiger charge is 2.47. The molecule has 2 aliphatic rings. The summed E-state index contributed by atoms with van der Waals surface area (Å²) in [5.41, 5.74) is 0.581. The minimum Gasteiger partial charge on any atom is -0.450 e. The molecule has 8 nitrogen and oxygen atoms in total. The molecule has 1 saturated heterocycles. The van der Waals surface area contributed by atoms with Gasteiger partial charge in [-0.1, -0.05) is 23.7 Å². The van der Waals surface area contributed by atoms with Crippen LogP contribution in [0.2, 0.25) is 5.02 Å². The average Bonchev–Trinajstić information content (AvgIpc) is 3.22. The fourth-order valence-corrected chi connectivity index (χ4v) is 4.19. The first-order valence-corrected chi connectivity index (χ1v) is 10.9. The molecule has 2 unspecified atom stereocenters. The molecule has 3 heterocycles. The molecule has 33 heavy (non-hydrogen) atoms. The van der Waals surface area contributed by atoms with Crippen molar-refractivity contribution in [2.75, 3.05) is 38.1 Å². The Bertz CT molecular complexity index is 1020. The van der Waals surface area contributed by atoms with Gasteiger partial charge in [0.1, 0.15) is 5.82 Å². The number of fused-ring (bicyclic) bond motifs is 1. The monoisotopic (exact) mass is 485 g/mol. The van der Waals surface area contributed by atoms with Gasteiger partial charge in [-0.3, -0.25) is 4.79 Å². The number of rotatable bonds is 3. The van der Waals surface area contributed by atoms with Crippen molar-refractivity contribution in [3.05, 3.63) is 46.6 Å². The van der Waals surface area contributed by atoms with E-state index in [1.807, 2.05) is 0 Å². The van der Waals surface area contributed by atoms with Crippen molar-refractivity contribution in [1.29, 1.82) is 0 Å². The minimum absolute atomic E-state index is 0.0758. The second-order valence-corrected chi connectivity index (χ2v) is 8.32. The first-order chi connectivity index (χ1) is 15.7. The second kappa shape index (κ2) is 9.12. The van der Waals surface area contributed by atoms with Gasteiger partial charge in [0.15, 0.2) is 11.7 Å². The van der Waals surface area contributed by atoms with Crippen LogP contribution in [-0.4, -0.2) is 70.5 Å². The third-order valence-electron chi connectivity index (χ3n) is 5.77. The quantitative estimate of drug-likeness (QED) is 0.707. The van der Waals surface area contributed by atoms with Crippen molar-refractivity contribution in [1.82, 2.24) is 19.6 Å². The summed E-state index contributed by atoms with van der Waals surface area (Å²) in [5.74, 6) is -0.358. The van der Waals surface area contributed by atoms with E-state index in [1.165, 1.54) is 15.9 Å². The number of carbonyl (C=O) groups is 2. The van der Waals surface area contributed by atoms with Gasteiger partial charge in [-0.15, -0.1) is 0 Å². The number of hydrogen-bond donors (Lipinski definition) is 1. The van der Waals surface area contributed by atoms with Gasteiger partial charge in [0.05, 0.1) is 12.6 Å². The normalized spacial score (nSPS) is 20.8. The van der Waals surface area contributed by atoms with Crippen LogP contribution in [0.5, 0.6) is 0 Å². The summed E-state index contributed by atoms with van der Waals surface area (Å²) in [6.45, 7) is 2.99. The van der Waals surface area contributed by atoms with Crippen LogP contribution in [0.3, 0.4) is 0 Å². The number of hydrogen-bond acceptors (Lipinski definition) is 5. The van der Waals surface area contributed by atoms with Gasteiger partial charge in [-0.2, -0.15) is 18.3 Å². The van der Waals surface area contributed by atoms with E-state index in [9.17, 15) is 22.8 Å². The summed E-state index contributed by atoms with van der Waals surface area (Å²) >= 11 is 5.90. The Balaban J connectivity index is 1.53. The first kappa shape index (κ1) is 23.2. The van der Waals surface area contributed by atoms with Crippen LogP contribution in [0.15, 0.2) is 30.3 Å². The number of nitrogens with one attached hydrogen (secondary N) is 1. The number of nitrogens with zero attached hydrogens (tertiary/aromatic N) is 4. The van der Waals surface area contributed by atoms with Crippen LogP contribution in [0.25, 0.3) is 0 Å². The number of aromatic nitrogens is 2. The summed E-state index contributed by atoms with van der Waals surface area (Å²) in [6, 6.07) is 5.45. The molecule has 0 bridgehead atoms. The van der Waals surface area contributed by atoms with E-state index >= 15 is 0 Å². The number of piperazine rings is 1. The first-order valence-electron chi connectivity index (χ1n) is 10.6. The number of benzene rings is 1. The summed E-state index contributed by atoms with van der Waals surface area (Å²) in [5, 5.41) is 7.57. The SMILES string of the molecule is CCOC(=O)N1CCN(C(=O)c2cc3n(n2)C(C(F)(F)F)CC(c2ccc(Cl)cc2)N3)CC1. The van der Waals surface area contributed by atoms with Gasteiger partial charge in [-0.05, 0) is 24.6 Å². The van der Waals surface area contributed by atoms with Crippen molar-refractivity contribution in [3.8, 4) is 0 Å². The largest absolute Gasteiger partial charge is 0.450 e. The molecule has 0 aliphatic carbocycles. The number of anilines is 1. The van der Waals surface area contributed by atoms with Gasteiger partial charge in [0.25, 0.3) is 5.91 Å². The van der Waals surface area contributed by atoms with Crippen molar-refractivity contribution < 1.29 is 27.5 Å². The molecular formula is C21H23ClF3N5O3. The van der Waals surface area contributed by atoms with Crippen LogP contribution >= 0.6 is 11.6 Å². The molecule has 0 spiro atoms. The van der Waals surface area contributed by atoms with Gasteiger partial charge in [-0.25, -0.2) is 9.48 Å². The highest BCUT2D eigenvalue weighted by Crippen LogP contribution is 2.43. The molecule has 178 valence electrons. The Hall–Kier alpha value is -2.95. The summed E-state index contributed by atoms with van der Waals surface area (Å²) in [6.07, 6.45) is -5.27. The molecule has 12 heteroatoms. The van der Waals surface area contributed by atoms with E-state index in [0.717, 1.165) is 4.68 Å². The highest BCUT2D eigenvalue weighted by atomic mass is 35.5. The number of ether oxygens (including phenoxy) is 1. The zero-order valence-corrected chi connectivity index (χ0v) is 18.6. The highest BCUT2D eigenvalue weighted by molar-refractivity contribution is 6.30. The average molecular weight is 486 g/mol. The Morgan fingerprint density at radius 1 is 1.15 bits per heavy atom. The fraction of sp³-hybridized carbons (Fsp3) is 0.476. The molecule has 4 rings (SSSR count). The Labute approximate surface area is 193 Å². The third kappa shape index (κ3) is 4.87. The third-order valence-corrected chi connectivity index (χ3v) is 6.03. The van der Waals surface area contributed by atoms with Gasteiger partial charge in [0, 0.05) is 43.7 Å². The maximum atomic E-state index is 13.9. The Morgan fingerprint density at radius 2 is 1.79 bits per heavy atom. The predicted octanol–water partition coefficient (Wildman–Crippen LogP) is 4.11. The summed E-state index contributed by atoms with van der Waals surface area (Å²) < 4.78 is 47.4. The molecule has 0 saturated carbocycles. The van der Waals surface area contributed by atoms with Crippen molar-refractivity contribution in [3.63, 3.8) is 0 Å². The lowest BCUT2D eigenvalue weighted by molar-refractivity contribution is -0.173. The maximum Gasteiger partial charge on any atom is 0.410 e. The number of carbonyl (C=O) groups excluding carboxylic acids is 2. The molecule has 1 N–H and O–H groups in total. The van der Waals surface area contributed by atoms with Gasteiger partial charge >= 0.3 is 12.3 Å². The molecule has 2 atom stereocenters. The van der Waals surface area contributed by atoms with Crippen LogP contribution in [0.4, 0.5) is 23.8 Å². The molecule has 0 radical (unpaired) electrons. The molecule has 1 aromatic carbocycles. The number of halogens is 4. The van der Waals surface area contributed by atoms with E-state index in [0.29, 0.717) is 10.6 Å². The van der Waals surface area contributed by atoms with E-state index in [-0.39, 0.29) is 50.7 Å². The van der Waals surface area contributed by atoms with Gasteiger partial charge < -0.3 is 19.9 Å². The Morgan fingerprint density at radius 3 is 2.39 bits per heavy atom. The molecule has 2 amide bonds.